The number of anilines is 1. The van der Waals surface area contributed by atoms with Gasteiger partial charge < -0.3 is 24.7 Å². The molecule has 0 radical (unpaired) electrons. The van der Waals surface area contributed by atoms with Gasteiger partial charge in [0.2, 0.25) is 5.60 Å². The zero-order valence-corrected chi connectivity index (χ0v) is 29.4. The second-order valence-electron chi connectivity index (χ2n) is 11.7. The Morgan fingerprint density at radius 3 is 2.36 bits per heavy atom. The minimum atomic E-state index is -4.36. The molecule has 0 saturated carbocycles. The van der Waals surface area contributed by atoms with Gasteiger partial charge in [0.25, 0.3) is 0 Å². The summed E-state index contributed by atoms with van der Waals surface area (Å²) in [5.74, 6) is -2.77. The Kier molecular flexibility index (Phi) is 13.2. The van der Waals surface area contributed by atoms with Crippen molar-refractivity contribution in [2.45, 2.75) is 84.5 Å². The number of nitrogen functional groups attached to an aromatic ring is 1. The minimum absolute atomic E-state index is 0.0436. The number of fused-ring (bicyclic) bond motifs is 1. The molecule has 1 saturated heterocycles. The van der Waals surface area contributed by atoms with Crippen molar-refractivity contribution >= 4 is 48.8 Å². The summed E-state index contributed by atoms with van der Waals surface area (Å²) in [4.78, 5) is 42.6. The SMILES string of the molecule is CSCCOP(=O)(NC(C)C(=O)OC(C)C)OC[C@@]1(C#N)O[C@@H](c2ccc3c(N)ncnn23)[C@H](OC(=O)C(C)C)[C@@H]1OC(=O)C(C)C. The van der Waals surface area contributed by atoms with Gasteiger partial charge >= 0.3 is 25.7 Å². The van der Waals surface area contributed by atoms with Crippen LogP contribution in [0.3, 0.4) is 0 Å². The number of hydrogen-bond acceptors (Lipinski definition) is 15. The highest BCUT2D eigenvalue weighted by Gasteiger charge is 2.62. The molecule has 2 unspecified atom stereocenters. The molecule has 1 aliphatic rings. The Morgan fingerprint density at radius 1 is 1.11 bits per heavy atom. The number of nitriles is 1. The van der Waals surface area contributed by atoms with Crippen LogP contribution in [0.25, 0.3) is 5.52 Å². The van der Waals surface area contributed by atoms with Gasteiger partial charge in [-0.05, 0) is 39.2 Å². The maximum Gasteiger partial charge on any atom is 0.406 e. The fourth-order valence-corrected chi connectivity index (χ4v) is 6.29. The quantitative estimate of drug-likeness (QED) is 0.111. The van der Waals surface area contributed by atoms with Crippen molar-refractivity contribution in [2.24, 2.45) is 11.8 Å². The number of nitrogens with one attached hydrogen (secondary N) is 1. The van der Waals surface area contributed by atoms with E-state index in [9.17, 15) is 24.2 Å². The van der Waals surface area contributed by atoms with Crippen LogP contribution < -0.4 is 10.8 Å². The monoisotopic (exact) mass is 698 g/mol. The molecular weight excluding hydrogens is 655 g/mol. The highest BCUT2D eigenvalue weighted by molar-refractivity contribution is 7.98. The molecule has 260 valence electrons. The van der Waals surface area contributed by atoms with E-state index in [0.717, 1.165) is 0 Å². The number of nitrogens with two attached hydrogens (primary N) is 1. The molecule has 16 nitrogen and oxygen atoms in total. The lowest BCUT2D eigenvalue weighted by molar-refractivity contribution is -0.173. The van der Waals surface area contributed by atoms with Crippen molar-refractivity contribution in [3.63, 3.8) is 0 Å². The number of ether oxygens (including phenoxy) is 4. The first kappa shape index (κ1) is 38.2. The number of thioether (sulfide) groups is 1. The summed E-state index contributed by atoms with van der Waals surface area (Å²) >= 11 is 1.42. The third kappa shape index (κ3) is 9.21. The van der Waals surface area contributed by atoms with Crippen LogP contribution in [-0.4, -0.2) is 87.7 Å². The lowest BCUT2D eigenvalue weighted by atomic mass is 9.95. The average molecular weight is 699 g/mol. The lowest BCUT2D eigenvalue weighted by Gasteiger charge is -2.31. The van der Waals surface area contributed by atoms with Crippen molar-refractivity contribution < 1.29 is 46.9 Å². The van der Waals surface area contributed by atoms with Gasteiger partial charge in [0.15, 0.2) is 18.0 Å². The van der Waals surface area contributed by atoms with Gasteiger partial charge in [-0.25, -0.2) is 19.2 Å². The fourth-order valence-electron chi connectivity index (χ4n) is 4.42. The van der Waals surface area contributed by atoms with Crippen LogP contribution in [0.15, 0.2) is 18.5 Å². The maximum atomic E-state index is 14.0. The summed E-state index contributed by atoms with van der Waals surface area (Å²) in [6, 6.07) is 4.08. The molecule has 1 aliphatic heterocycles. The Morgan fingerprint density at radius 2 is 1.77 bits per heavy atom. The highest BCUT2D eigenvalue weighted by Crippen LogP contribution is 2.50. The molecule has 47 heavy (non-hydrogen) atoms. The molecule has 0 amide bonds. The zero-order chi connectivity index (χ0) is 35.1. The van der Waals surface area contributed by atoms with Crippen LogP contribution >= 0.6 is 19.5 Å². The largest absolute Gasteiger partial charge is 0.462 e. The molecule has 6 atom stereocenters. The van der Waals surface area contributed by atoms with Crippen molar-refractivity contribution in [1.29, 1.82) is 5.26 Å². The summed E-state index contributed by atoms with van der Waals surface area (Å²) in [6.07, 6.45) is -1.64. The average Bonchev–Trinajstić information content (AvgIpc) is 3.56. The molecule has 0 aromatic carbocycles. The van der Waals surface area contributed by atoms with E-state index in [-0.39, 0.29) is 12.4 Å². The molecule has 2 aromatic rings. The van der Waals surface area contributed by atoms with E-state index in [0.29, 0.717) is 17.0 Å². The Bertz CT molecular complexity index is 1510. The smallest absolute Gasteiger partial charge is 0.406 e. The van der Waals surface area contributed by atoms with Crippen molar-refractivity contribution in [3.8, 4) is 6.07 Å². The summed E-state index contributed by atoms with van der Waals surface area (Å²) in [6.45, 7) is 10.3. The van der Waals surface area contributed by atoms with E-state index in [4.69, 9.17) is 33.7 Å². The van der Waals surface area contributed by atoms with Crippen LogP contribution in [0.2, 0.25) is 0 Å². The minimum Gasteiger partial charge on any atom is -0.462 e. The van der Waals surface area contributed by atoms with E-state index in [1.807, 2.05) is 12.3 Å². The predicted octanol–water partition coefficient (Wildman–Crippen LogP) is 3.21. The summed E-state index contributed by atoms with van der Waals surface area (Å²) < 4.78 is 50.1. The van der Waals surface area contributed by atoms with E-state index in [2.05, 4.69) is 15.2 Å². The van der Waals surface area contributed by atoms with Gasteiger partial charge in [-0.2, -0.15) is 22.1 Å². The summed E-state index contributed by atoms with van der Waals surface area (Å²) in [7, 11) is -4.36. The second-order valence-corrected chi connectivity index (χ2v) is 14.5. The first-order valence-electron chi connectivity index (χ1n) is 15.0. The summed E-state index contributed by atoms with van der Waals surface area (Å²) in [5.41, 5.74) is 4.52. The van der Waals surface area contributed by atoms with Crippen LogP contribution in [0, 0.1) is 23.2 Å². The number of rotatable bonds is 16. The van der Waals surface area contributed by atoms with Gasteiger partial charge in [-0.1, -0.05) is 27.7 Å². The van der Waals surface area contributed by atoms with Crippen molar-refractivity contribution in [3.05, 3.63) is 24.2 Å². The predicted molar refractivity (Wildman–Crippen MR) is 171 cm³/mol. The normalized spacial score (nSPS) is 23.1. The van der Waals surface area contributed by atoms with Gasteiger partial charge in [0.05, 0.1) is 30.2 Å². The van der Waals surface area contributed by atoms with Gasteiger partial charge in [0, 0.05) is 5.75 Å². The van der Waals surface area contributed by atoms with Gasteiger partial charge in [0.1, 0.15) is 36.7 Å². The number of carbonyl (C=O) groups excluding carboxylic acids is 3. The number of carbonyl (C=O) groups is 3. The molecule has 3 heterocycles. The topological polar surface area (TPSA) is 216 Å². The summed E-state index contributed by atoms with van der Waals surface area (Å²) in [5, 5.41) is 17.5. The fraction of sp³-hybridized carbons (Fsp3) is 0.655. The number of nitrogens with zero attached hydrogens (tertiary/aromatic N) is 4. The van der Waals surface area contributed by atoms with Gasteiger partial charge in [-0.15, -0.1) is 0 Å². The van der Waals surface area contributed by atoms with Crippen LogP contribution in [-0.2, 0) is 46.9 Å². The molecule has 3 rings (SSSR count). The molecule has 2 aromatic heterocycles. The van der Waals surface area contributed by atoms with E-state index in [1.165, 1.54) is 29.5 Å². The molecule has 0 aliphatic carbocycles. The van der Waals surface area contributed by atoms with Crippen LogP contribution in [0.1, 0.15) is 60.3 Å². The number of aromatic nitrogens is 3. The van der Waals surface area contributed by atoms with E-state index < -0.39 is 80.2 Å². The molecule has 1 fully saturated rings. The molecular formula is C29H43N6O10PS. The second kappa shape index (κ2) is 16.2. The van der Waals surface area contributed by atoms with E-state index >= 15 is 0 Å². The lowest BCUT2D eigenvalue weighted by Crippen LogP contribution is -2.50. The standard InChI is InChI=1S/C29H43N6O10PS/c1-16(2)26(36)43-23-22(20-9-10-21-25(31)32-15-33-35(20)21)45-29(13-30,24(23)44-27(37)17(3)4)14-41-46(39,40-11-12-47-8)34-19(7)28(38)42-18(5)6/h9-10,15-19,22-24H,11-12,14H2,1-8H3,(H,34,39)(H2,31,32,33)/t19?,22-,23-,24-,29+,46?/m0/s1. The third-order valence-corrected chi connectivity index (χ3v) is 9.15. The molecule has 0 spiro atoms. The maximum absolute atomic E-state index is 14.0. The van der Waals surface area contributed by atoms with Crippen LogP contribution in [0.5, 0.6) is 0 Å². The van der Waals surface area contributed by atoms with Gasteiger partial charge in [-0.3, -0.25) is 23.4 Å². The van der Waals surface area contributed by atoms with Crippen molar-refractivity contribution in [1.82, 2.24) is 19.7 Å². The van der Waals surface area contributed by atoms with Crippen LogP contribution in [0.4, 0.5) is 5.82 Å². The highest BCUT2D eigenvalue weighted by atomic mass is 32.2. The number of esters is 3. The molecule has 3 N–H and O–H groups in total. The number of hydrogen-bond donors (Lipinski definition) is 2. The Labute approximate surface area is 277 Å². The molecule has 18 heteroatoms. The first-order chi connectivity index (χ1) is 22.1. The Balaban J connectivity index is 2.10. The zero-order valence-electron chi connectivity index (χ0n) is 27.7. The first-order valence-corrected chi connectivity index (χ1v) is 18.0. The van der Waals surface area contributed by atoms with Crippen molar-refractivity contribution in [2.75, 3.05) is 31.0 Å². The Hall–Kier alpha value is -3.26. The molecule has 0 bridgehead atoms. The third-order valence-electron chi connectivity index (χ3n) is 6.88. The van der Waals surface area contributed by atoms with E-state index in [1.54, 1.807) is 53.7 Å².